The van der Waals surface area contributed by atoms with Crippen molar-refractivity contribution in [1.82, 2.24) is 9.55 Å². The van der Waals surface area contributed by atoms with Gasteiger partial charge in [-0.05, 0) is 24.3 Å². The average Bonchev–Trinajstić information content (AvgIpc) is 3.00. The largest absolute Gasteiger partial charge is 0.448 e. The van der Waals surface area contributed by atoms with Crippen molar-refractivity contribution >= 4 is 56.9 Å². The monoisotopic (exact) mass is 387 g/mol. The summed E-state index contributed by atoms with van der Waals surface area (Å²) in [5.74, 6) is -0.459. The number of carbonyl (C=O) groups excluding carboxylic acids is 1. The van der Waals surface area contributed by atoms with Gasteiger partial charge in [0.05, 0.1) is 22.1 Å². The van der Waals surface area contributed by atoms with E-state index in [9.17, 15) is 9.59 Å². The van der Waals surface area contributed by atoms with Gasteiger partial charge in [-0.3, -0.25) is 14.2 Å². The number of amides is 1. The van der Waals surface area contributed by atoms with Crippen molar-refractivity contribution in [1.29, 1.82) is 0 Å². The fourth-order valence-corrected chi connectivity index (χ4v) is 3.17. The lowest BCUT2D eigenvalue weighted by Crippen LogP contribution is -2.27. The third-order valence-electron chi connectivity index (χ3n) is 3.89. The van der Waals surface area contributed by atoms with E-state index in [1.54, 1.807) is 24.3 Å². The highest BCUT2D eigenvalue weighted by molar-refractivity contribution is 6.39. The van der Waals surface area contributed by atoms with Crippen molar-refractivity contribution < 1.29 is 9.21 Å². The van der Waals surface area contributed by atoms with Crippen molar-refractivity contribution in [3.8, 4) is 0 Å². The lowest BCUT2D eigenvalue weighted by atomic mass is 10.2. The number of benzene rings is 2. The van der Waals surface area contributed by atoms with Crippen molar-refractivity contribution in [2.75, 3.05) is 5.32 Å². The number of hydrogen-bond acceptors (Lipinski definition) is 4. The van der Waals surface area contributed by atoms with Gasteiger partial charge in [-0.15, -0.1) is 0 Å². The third kappa shape index (κ3) is 2.83. The molecule has 0 saturated heterocycles. The number of carbonyl (C=O) groups is 1. The number of furan rings is 1. The summed E-state index contributed by atoms with van der Waals surface area (Å²) in [7, 11) is 0. The highest BCUT2D eigenvalue weighted by Gasteiger charge is 2.15. The summed E-state index contributed by atoms with van der Waals surface area (Å²) >= 11 is 12.1. The van der Waals surface area contributed by atoms with Gasteiger partial charge < -0.3 is 9.73 Å². The summed E-state index contributed by atoms with van der Waals surface area (Å²) in [6, 6.07) is 12.1. The number of nitrogens with zero attached hydrogens (tertiary/aromatic N) is 2. The van der Waals surface area contributed by atoms with E-state index < -0.39 is 11.5 Å². The first-order valence-electron chi connectivity index (χ1n) is 7.65. The van der Waals surface area contributed by atoms with Crippen LogP contribution in [0.25, 0.3) is 22.1 Å². The molecule has 0 aliphatic carbocycles. The quantitative estimate of drug-likeness (QED) is 0.574. The van der Waals surface area contributed by atoms with Gasteiger partial charge in [0.25, 0.3) is 5.56 Å². The van der Waals surface area contributed by atoms with Gasteiger partial charge in [-0.1, -0.05) is 41.4 Å². The SMILES string of the molecule is O=C(Cn1cnc2c(oc3ccccc32)c1=O)Nc1c(Cl)cccc1Cl. The van der Waals surface area contributed by atoms with Gasteiger partial charge in [0.2, 0.25) is 11.5 Å². The molecule has 1 N–H and O–H groups in total. The van der Waals surface area contributed by atoms with Crippen LogP contribution in [0.4, 0.5) is 5.69 Å². The zero-order valence-electron chi connectivity index (χ0n) is 13.2. The molecule has 26 heavy (non-hydrogen) atoms. The Morgan fingerprint density at radius 1 is 1.12 bits per heavy atom. The van der Waals surface area contributed by atoms with Crippen LogP contribution in [0.3, 0.4) is 0 Å². The third-order valence-corrected chi connectivity index (χ3v) is 4.52. The summed E-state index contributed by atoms with van der Waals surface area (Å²) in [6.45, 7) is -0.250. The Morgan fingerprint density at radius 2 is 1.85 bits per heavy atom. The summed E-state index contributed by atoms with van der Waals surface area (Å²) in [6.07, 6.45) is 1.32. The summed E-state index contributed by atoms with van der Waals surface area (Å²) < 4.78 is 6.76. The number of anilines is 1. The van der Waals surface area contributed by atoms with E-state index >= 15 is 0 Å². The minimum absolute atomic E-state index is 0.109. The van der Waals surface area contributed by atoms with Crippen LogP contribution in [-0.4, -0.2) is 15.5 Å². The molecule has 2 aromatic heterocycles. The Balaban J connectivity index is 1.67. The topological polar surface area (TPSA) is 77.1 Å². The van der Waals surface area contributed by atoms with E-state index in [1.807, 2.05) is 18.2 Å². The first kappa shape index (κ1) is 16.6. The first-order valence-corrected chi connectivity index (χ1v) is 8.41. The van der Waals surface area contributed by atoms with E-state index in [0.717, 1.165) is 5.39 Å². The van der Waals surface area contributed by atoms with Crippen LogP contribution in [0, 0.1) is 0 Å². The molecule has 0 radical (unpaired) electrons. The van der Waals surface area contributed by atoms with Crippen LogP contribution in [-0.2, 0) is 11.3 Å². The van der Waals surface area contributed by atoms with Crippen molar-refractivity contribution in [2.24, 2.45) is 0 Å². The maximum atomic E-state index is 12.6. The average molecular weight is 388 g/mol. The maximum Gasteiger partial charge on any atom is 0.297 e. The number of para-hydroxylation sites is 2. The molecule has 0 saturated carbocycles. The Morgan fingerprint density at radius 3 is 2.62 bits per heavy atom. The molecule has 130 valence electrons. The second-order valence-electron chi connectivity index (χ2n) is 5.60. The number of rotatable bonds is 3. The van der Waals surface area contributed by atoms with E-state index in [0.29, 0.717) is 26.8 Å². The van der Waals surface area contributed by atoms with Gasteiger partial charge in [0.1, 0.15) is 17.6 Å². The van der Waals surface area contributed by atoms with Gasteiger partial charge in [-0.25, -0.2) is 4.98 Å². The second kappa shape index (κ2) is 6.48. The Hall–Kier alpha value is -2.83. The highest BCUT2D eigenvalue weighted by atomic mass is 35.5. The molecule has 2 heterocycles. The lowest BCUT2D eigenvalue weighted by Gasteiger charge is -2.10. The maximum absolute atomic E-state index is 12.6. The van der Waals surface area contributed by atoms with Crippen LogP contribution in [0.2, 0.25) is 10.0 Å². The molecule has 0 bridgehead atoms. The number of aromatic nitrogens is 2. The zero-order chi connectivity index (χ0) is 18.3. The molecule has 0 unspecified atom stereocenters. The Bertz CT molecular complexity index is 1190. The molecule has 1 amide bonds. The summed E-state index contributed by atoms with van der Waals surface area (Å²) in [4.78, 5) is 29.2. The fourth-order valence-electron chi connectivity index (χ4n) is 2.68. The van der Waals surface area contributed by atoms with Gasteiger partial charge in [0.15, 0.2) is 0 Å². The summed E-state index contributed by atoms with van der Waals surface area (Å²) in [5.41, 5.74) is 1.00. The molecule has 0 spiro atoms. The highest BCUT2D eigenvalue weighted by Crippen LogP contribution is 2.29. The molecular weight excluding hydrogens is 377 g/mol. The molecule has 6 nitrogen and oxygen atoms in total. The van der Waals surface area contributed by atoms with Crippen molar-refractivity contribution in [3.05, 3.63) is 69.2 Å². The molecule has 0 aliphatic rings. The zero-order valence-corrected chi connectivity index (χ0v) is 14.7. The molecule has 4 rings (SSSR count). The normalized spacial score (nSPS) is 11.2. The predicted octanol–water partition coefficient (Wildman–Crippen LogP) is 4.09. The van der Waals surface area contributed by atoms with Crippen LogP contribution in [0.5, 0.6) is 0 Å². The molecule has 2 aromatic carbocycles. The van der Waals surface area contributed by atoms with Crippen LogP contribution in [0.1, 0.15) is 0 Å². The second-order valence-corrected chi connectivity index (χ2v) is 6.41. The fraction of sp³-hybridized carbons (Fsp3) is 0.0556. The predicted molar refractivity (Wildman–Crippen MR) is 101 cm³/mol. The molecular formula is C18H11Cl2N3O3. The summed E-state index contributed by atoms with van der Waals surface area (Å²) in [5, 5.41) is 3.98. The van der Waals surface area contributed by atoms with Crippen molar-refractivity contribution in [3.63, 3.8) is 0 Å². The van der Waals surface area contributed by atoms with Crippen molar-refractivity contribution in [2.45, 2.75) is 6.54 Å². The Labute approximate surface area is 157 Å². The van der Waals surface area contributed by atoms with Crippen LogP contribution in [0.15, 0.2) is 58.0 Å². The number of nitrogens with one attached hydrogen (secondary N) is 1. The number of fused-ring (bicyclic) bond motifs is 3. The first-order chi connectivity index (χ1) is 12.5. The molecule has 8 heteroatoms. The molecule has 0 aliphatic heterocycles. The van der Waals surface area contributed by atoms with E-state index in [1.165, 1.54) is 10.9 Å². The molecule has 4 aromatic rings. The van der Waals surface area contributed by atoms with Crippen LogP contribution < -0.4 is 10.9 Å². The minimum Gasteiger partial charge on any atom is -0.448 e. The van der Waals surface area contributed by atoms with E-state index in [4.69, 9.17) is 27.6 Å². The number of hydrogen-bond donors (Lipinski definition) is 1. The lowest BCUT2D eigenvalue weighted by molar-refractivity contribution is -0.116. The standard InChI is InChI=1S/C18H11Cl2N3O3/c19-11-5-3-6-12(20)16(11)22-14(24)8-23-9-21-15-10-4-1-2-7-13(10)26-17(15)18(23)25/h1-7,9H,8H2,(H,22,24). The van der Waals surface area contributed by atoms with Crippen LogP contribution >= 0.6 is 23.2 Å². The van der Waals surface area contributed by atoms with E-state index in [-0.39, 0.29) is 12.1 Å². The van der Waals surface area contributed by atoms with Gasteiger partial charge in [-0.2, -0.15) is 0 Å². The number of halogens is 2. The van der Waals surface area contributed by atoms with E-state index in [2.05, 4.69) is 10.3 Å². The van der Waals surface area contributed by atoms with Gasteiger partial charge >= 0.3 is 0 Å². The minimum atomic E-state index is -0.459. The smallest absolute Gasteiger partial charge is 0.297 e. The Kier molecular flexibility index (Phi) is 4.14. The van der Waals surface area contributed by atoms with Gasteiger partial charge in [0, 0.05) is 5.39 Å². The molecule has 0 atom stereocenters. The molecule has 0 fully saturated rings.